The fourth-order valence-electron chi connectivity index (χ4n) is 0.920. The fraction of sp³-hybridized carbons (Fsp3) is 0.250. The minimum Gasteiger partial charge on any atom is -0.239 e. The zero-order valence-electron chi connectivity index (χ0n) is 6.77. The number of alkyl halides is 3. The number of pyridine rings is 1. The van der Waals surface area contributed by atoms with Gasteiger partial charge in [-0.15, -0.1) is 11.6 Å². The summed E-state index contributed by atoms with van der Waals surface area (Å²) in [6, 6.07) is 3.21. The molecule has 0 aliphatic carbocycles. The van der Waals surface area contributed by atoms with E-state index < -0.39 is 6.43 Å². The van der Waals surface area contributed by atoms with Gasteiger partial charge in [-0.25, -0.2) is 13.8 Å². The standard InChI is InChI=1S/C8H4ClF2IN2/c9-2-4-1-5(3-13)8(12)14-6(4)7(10)11/h1,7H,2H2. The molecule has 0 amide bonds. The highest BCUT2D eigenvalue weighted by atomic mass is 127. The van der Waals surface area contributed by atoms with Crippen molar-refractivity contribution in [1.29, 1.82) is 5.26 Å². The van der Waals surface area contributed by atoms with Crippen molar-refractivity contribution in [2.45, 2.75) is 12.3 Å². The van der Waals surface area contributed by atoms with Crippen molar-refractivity contribution in [2.75, 3.05) is 0 Å². The average molecular weight is 328 g/mol. The molecule has 0 N–H and O–H groups in total. The van der Waals surface area contributed by atoms with Crippen molar-refractivity contribution < 1.29 is 8.78 Å². The lowest BCUT2D eigenvalue weighted by Crippen LogP contribution is -2.01. The Balaban J connectivity index is 3.33. The van der Waals surface area contributed by atoms with E-state index in [4.69, 9.17) is 16.9 Å². The van der Waals surface area contributed by atoms with Crippen LogP contribution in [0.2, 0.25) is 0 Å². The summed E-state index contributed by atoms with van der Waals surface area (Å²) in [7, 11) is 0. The van der Waals surface area contributed by atoms with E-state index in [1.54, 1.807) is 22.6 Å². The van der Waals surface area contributed by atoms with E-state index in [-0.39, 0.29) is 26.4 Å². The summed E-state index contributed by atoms with van der Waals surface area (Å²) in [5.74, 6) is -0.0712. The number of nitriles is 1. The van der Waals surface area contributed by atoms with Crippen LogP contribution in [0, 0.1) is 15.0 Å². The predicted molar refractivity (Wildman–Crippen MR) is 56.2 cm³/mol. The minimum atomic E-state index is -2.66. The fourth-order valence-corrected chi connectivity index (χ4v) is 1.67. The van der Waals surface area contributed by atoms with Gasteiger partial charge in [-0.05, 0) is 34.2 Å². The van der Waals surface area contributed by atoms with E-state index in [1.165, 1.54) is 6.07 Å². The number of aromatic nitrogens is 1. The first kappa shape index (κ1) is 11.6. The Labute approximate surface area is 98.0 Å². The Morgan fingerprint density at radius 1 is 1.64 bits per heavy atom. The smallest absolute Gasteiger partial charge is 0.239 e. The summed E-state index contributed by atoms with van der Waals surface area (Å²) in [5.41, 5.74) is 0.132. The van der Waals surface area contributed by atoms with Crippen LogP contribution in [0.5, 0.6) is 0 Å². The molecule has 74 valence electrons. The largest absolute Gasteiger partial charge is 0.280 e. The molecule has 0 spiro atoms. The van der Waals surface area contributed by atoms with Gasteiger partial charge in [0.2, 0.25) is 0 Å². The molecule has 14 heavy (non-hydrogen) atoms. The normalized spacial score (nSPS) is 10.3. The molecule has 0 fully saturated rings. The Morgan fingerprint density at radius 2 is 2.29 bits per heavy atom. The lowest BCUT2D eigenvalue weighted by Gasteiger charge is -2.06. The molecule has 1 rings (SSSR count). The molecule has 0 aromatic carbocycles. The lowest BCUT2D eigenvalue weighted by atomic mass is 10.1. The van der Waals surface area contributed by atoms with Crippen molar-refractivity contribution in [3.63, 3.8) is 0 Å². The van der Waals surface area contributed by atoms with E-state index >= 15 is 0 Å². The van der Waals surface area contributed by atoms with E-state index in [9.17, 15) is 8.78 Å². The van der Waals surface area contributed by atoms with E-state index in [2.05, 4.69) is 4.98 Å². The van der Waals surface area contributed by atoms with Gasteiger partial charge in [-0.2, -0.15) is 5.26 Å². The number of rotatable bonds is 2. The number of hydrogen-bond donors (Lipinski definition) is 0. The Morgan fingerprint density at radius 3 is 2.71 bits per heavy atom. The van der Waals surface area contributed by atoms with E-state index in [0.29, 0.717) is 0 Å². The van der Waals surface area contributed by atoms with Gasteiger partial charge in [0.25, 0.3) is 6.43 Å². The summed E-state index contributed by atoms with van der Waals surface area (Å²) in [4.78, 5) is 3.64. The molecule has 1 aromatic heterocycles. The predicted octanol–water partition coefficient (Wildman–Crippen LogP) is 3.23. The maximum Gasteiger partial charge on any atom is 0.280 e. The van der Waals surface area contributed by atoms with Gasteiger partial charge >= 0.3 is 0 Å². The van der Waals surface area contributed by atoms with Crippen molar-refractivity contribution in [3.05, 3.63) is 26.6 Å². The molecule has 6 heteroatoms. The third kappa shape index (κ3) is 2.30. The molecule has 0 bridgehead atoms. The molecule has 0 unspecified atom stereocenters. The van der Waals surface area contributed by atoms with Gasteiger partial charge in [-0.3, -0.25) is 0 Å². The topological polar surface area (TPSA) is 36.7 Å². The van der Waals surface area contributed by atoms with Crippen LogP contribution in [-0.4, -0.2) is 4.98 Å². The van der Waals surface area contributed by atoms with Crippen LogP contribution in [0.1, 0.15) is 23.2 Å². The lowest BCUT2D eigenvalue weighted by molar-refractivity contribution is 0.145. The van der Waals surface area contributed by atoms with Crippen molar-refractivity contribution in [3.8, 4) is 6.07 Å². The molecular weight excluding hydrogens is 324 g/mol. The minimum absolute atomic E-state index is 0.0712. The van der Waals surface area contributed by atoms with E-state index in [0.717, 1.165) is 0 Å². The highest BCUT2D eigenvalue weighted by molar-refractivity contribution is 14.1. The summed E-state index contributed by atoms with van der Waals surface area (Å²) < 4.78 is 25.1. The van der Waals surface area contributed by atoms with Crippen molar-refractivity contribution >= 4 is 34.2 Å². The number of halogens is 4. The molecule has 0 aliphatic heterocycles. The zero-order valence-corrected chi connectivity index (χ0v) is 9.68. The SMILES string of the molecule is N#Cc1cc(CCl)c(C(F)F)nc1I. The molecule has 1 heterocycles. The third-order valence-electron chi connectivity index (χ3n) is 1.56. The summed E-state index contributed by atoms with van der Waals surface area (Å²) in [5, 5.41) is 8.64. The Kier molecular flexibility index (Phi) is 4.01. The van der Waals surface area contributed by atoms with Crippen LogP contribution < -0.4 is 0 Å². The maximum absolute atomic E-state index is 12.4. The molecule has 0 saturated heterocycles. The van der Waals surface area contributed by atoms with Gasteiger partial charge in [0, 0.05) is 5.88 Å². The van der Waals surface area contributed by atoms with Crippen LogP contribution in [0.15, 0.2) is 6.07 Å². The molecule has 2 nitrogen and oxygen atoms in total. The molecule has 0 saturated carbocycles. The Bertz CT molecular complexity index is 390. The van der Waals surface area contributed by atoms with Gasteiger partial charge in [0.05, 0.1) is 5.56 Å². The monoisotopic (exact) mass is 328 g/mol. The van der Waals surface area contributed by atoms with Gasteiger partial charge in [0.1, 0.15) is 15.5 Å². The van der Waals surface area contributed by atoms with Crippen molar-refractivity contribution in [2.24, 2.45) is 0 Å². The Hall–Kier alpha value is -0.480. The highest BCUT2D eigenvalue weighted by Crippen LogP contribution is 2.25. The second kappa shape index (κ2) is 4.84. The first-order chi connectivity index (χ1) is 6.60. The van der Waals surface area contributed by atoms with E-state index in [1.807, 2.05) is 6.07 Å². The van der Waals surface area contributed by atoms with Crippen LogP contribution in [0.4, 0.5) is 8.78 Å². The third-order valence-corrected chi connectivity index (χ3v) is 2.67. The summed E-state index contributed by atoms with van der Waals surface area (Å²) in [6.07, 6.45) is -2.66. The second-order valence-electron chi connectivity index (χ2n) is 2.42. The first-order valence-electron chi connectivity index (χ1n) is 3.53. The molecule has 1 aromatic rings. The molecule has 0 atom stereocenters. The quantitative estimate of drug-likeness (QED) is 0.475. The second-order valence-corrected chi connectivity index (χ2v) is 3.71. The van der Waals surface area contributed by atoms with Crippen LogP contribution in [-0.2, 0) is 5.88 Å². The highest BCUT2D eigenvalue weighted by Gasteiger charge is 2.17. The number of nitrogens with zero attached hydrogens (tertiary/aromatic N) is 2. The molecular formula is C8H4ClF2IN2. The van der Waals surface area contributed by atoms with Crippen molar-refractivity contribution in [1.82, 2.24) is 4.98 Å². The van der Waals surface area contributed by atoms with Crippen LogP contribution in [0.3, 0.4) is 0 Å². The zero-order chi connectivity index (χ0) is 10.7. The maximum atomic E-state index is 12.4. The van der Waals surface area contributed by atoms with Gasteiger partial charge < -0.3 is 0 Å². The first-order valence-corrected chi connectivity index (χ1v) is 5.15. The average Bonchev–Trinajstić information content (AvgIpc) is 2.17. The van der Waals surface area contributed by atoms with Gasteiger partial charge in [0.15, 0.2) is 0 Å². The van der Waals surface area contributed by atoms with Crippen LogP contribution >= 0.6 is 34.2 Å². The number of hydrogen-bond acceptors (Lipinski definition) is 2. The summed E-state index contributed by atoms with van der Waals surface area (Å²) >= 11 is 7.21. The molecule has 0 radical (unpaired) electrons. The van der Waals surface area contributed by atoms with Gasteiger partial charge in [-0.1, -0.05) is 0 Å². The van der Waals surface area contributed by atoms with Crippen LogP contribution in [0.25, 0.3) is 0 Å². The molecule has 0 aliphatic rings. The summed E-state index contributed by atoms with van der Waals surface area (Å²) in [6.45, 7) is 0.